The van der Waals surface area contributed by atoms with Gasteiger partial charge in [0.2, 0.25) is 0 Å². The van der Waals surface area contributed by atoms with E-state index >= 15 is 0 Å². The normalized spacial score (nSPS) is 10.6. The predicted molar refractivity (Wildman–Crippen MR) is 77.5 cm³/mol. The molecule has 0 bridgehead atoms. The van der Waals surface area contributed by atoms with Gasteiger partial charge in [0.15, 0.2) is 0 Å². The Labute approximate surface area is 113 Å². The fraction of sp³-hybridized carbons (Fsp3) is 0.118. The number of hydrogen-bond donors (Lipinski definition) is 0. The van der Waals surface area contributed by atoms with Gasteiger partial charge in [-0.3, -0.25) is 0 Å². The molecule has 0 atom stereocenters. The summed E-state index contributed by atoms with van der Waals surface area (Å²) in [6.45, 7) is 2.12. The highest BCUT2D eigenvalue weighted by atomic mass is 15.3. The van der Waals surface area contributed by atoms with Crippen LogP contribution in [0.4, 0.5) is 0 Å². The second kappa shape index (κ2) is 5.11. The molecule has 3 rings (SSSR count). The van der Waals surface area contributed by atoms with Gasteiger partial charge in [0.05, 0.1) is 11.4 Å². The molecule has 2 aromatic carbocycles. The standard InChI is InChI=1S/C17H16N2/c1-14-13-19(16-10-6-3-7-11-16)18-17(14)12-15-8-4-2-5-9-15/h2-11,13H,12H2,1H3. The van der Waals surface area contributed by atoms with E-state index in [2.05, 4.69) is 49.5 Å². The largest absolute Gasteiger partial charge is 0.240 e. The van der Waals surface area contributed by atoms with Gasteiger partial charge in [0.1, 0.15) is 0 Å². The van der Waals surface area contributed by atoms with Gasteiger partial charge < -0.3 is 0 Å². The van der Waals surface area contributed by atoms with Crippen molar-refractivity contribution in [2.24, 2.45) is 0 Å². The van der Waals surface area contributed by atoms with Gasteiger partial charge in [0, 0.05) is 12.6 Å². The molecule has 0 spiro atoms. The van der Waals surface area contributed by atoms with Crippen molar-refractivity contribution in [3.8, 4) is 5.69 Å². The first kappa shape index (κ1) is 11.7. The molecular formula is C17H16N2. The summed E-state index contributed by atoms with van der Waals surface area (Å²) in [7, 11) is 0. The number of rotatable bonds is 3. The lowest BCUT2D eigenvalue weighted by Crippen LogP contribution is -1.96. The van der Waals surface area contributed by atoms with Gasteiger partial charge >= 0.3 is 0 Å². The number of benzene rings is 2. The first-order chi connectivity index (χ1) is 9.33. The molecule has 19 heavy (non-hydrogen) atoms. The first-order valence-corrected chi connectivity index (χ1v) is 6.47. The van der Waals surface area contributed by atoms with E-state index < -0.39 is 0 Å². The zero-order valence-electron chi connectivity index (χ0n) is 11.0. The molecule has 0 aliphatic rings. The Hall–Kier alpha value is -2.35. The summed E-state index contributed by atoms with van der Waals surface area (Å²) in [5.74, 6) is 0. The van der Waals surface area contributed by atoms with Crippen molar-refractivity contribution in [3.05, 3.63) is 83.7 Å². The highest BCUT2D eigenvalue weighted by Crippen LogP contribution is 2.15. The van der Waals surface area contributed by atoms with Crippen molar-refractivity contribution in [2.75, 3.05) is 0 Å². The van der Waals surface area contributed by atoms with E-state index in [1.165, 1.54) is 11.1 Å². The maximum atomic E-state index is 4.69. The van der Waals surface area contributed by atoms with Crippen LogP contribution in [0, 0.1) is 6.92 Å². The van der Waals surface area contributed by atoms with Crippen LogP contribution in [0.1, 0.15) is 16.8 Å². The minimum atomic E-state index is 0.881. The zero-order valence-corrected chi connectivity index (χ0v) is 11.0. The summed E-state index contributed by atoms with van der Waals surface area (Å²) in [4.78, 5) is 0. The molecule has 2 nitrogen and oxygen atoms in total. The van der Waals surface area contributed by atoms with Crippen molar-refractivity contribution >= 4 is 0 Å². The van der Waals surface area contributed by atoms with E-state index in [4.69, 9.17) is 5.10 Å². The predicted octanol–water partition coefficient (Wildman–Crippen LogP) is 3.77. The fourth-order valence-electron chi connectivity index (χ4n) is 2.17. The number of aromatic nitrogens is 2. The van der Waals surface area contributed by atoms with Crippen molar-refractivity contribution in [1.82, 2.24) is 9.78 Å². The first-order valence-electron chi connectivity index (χ1n) is 6.47. The summed E-state index contributed by atoms with van der Waals surface area (Å²) in [5.41, 5.74) is 4.76. The molecule has 3 aromatic rings. The van der Waals surface area contributed by atoms with Crippen LogP contribution in [0.3, 0.4) is 0 Å². The highest BCUT2D eigenvalue weighted by molar-refractivity contribution is 5.33. The summed E-state index contributed by atoms with van der Waals surface area (Å²) in [6, 6.07) is 20.7. The zero-order chi connectivity index (χ0) is 13.1. The van der Waals surface area contributed by atoms with Gasteiger partial charge in [-0.1, -0.05) is 48.5 Å². The summed E-state index contributed by atoms with van der Waals surface area (Å²) in [6.07, 6.45) is 2.97. The Kier molecular flexibility index (Phi) is 3.15. The summed E-state index contributed by atoms with van der Waals surface area (Å²) >= 11 is 0. The third-order valence-electron chi connectivity index (χ3n) is 3.23. The third-order valence-corrected chi connectivity index (χ3v) is 3.23. The Morgan fingerprint density at radius 3 is 2.21 bits per heavy atom. The molecule has 2 heteroatoms. The lowest BCUT2D eigenvalue weighted by atomic mass is 10.1. The van der Waals surface area contributed by atoms with E-state index in [1.807, 2.05) is 28.9 Å². The van der Waals surface area contributed by atoms with E-state index in [1.54, 1.807) is 0 Å². The number of nitrogens with zero attached hydrogens (tertiary/aromatic N) is 2. The topological polar surface area (TPSA) is 17.8 Å². The molecule has 0 saturated carbocycles. The van der Waals surface area contributed by atoms with Crippen LogP contribution >= 0.6 is 0 Å². The highest BCUT2D eigenvalue weighted by Gasteiger charge is 2.06. The van der Waals surface area contributed by atoms with Gasteiger partial charge in [-0.25, -0.2) is 4.68 Å². The van der Waals surface area contributed by atoms with Crippen LogP contribution in [-0.4, -0.2) is 9.78 Å². The minimum Gasteiger partial charge on any atom is -0.240 e. The number of aryl methyl sites for hydroxylation is 1. The maximum Gasteiger partial charge on any atom is 0.0701 e. The van der Waals surface area contributed by atoms with Gasteiger partial charge in [-0.15, -0.1) is 0 Å². The smallest absolute Gasteiger partial charge is 0.0701 e. The van der Waals surface area contributed by atoms with E-state index in [-0.39, 0.29) is 0 Å². The molecule has 0 aliphatic heterocycles. The van der Waals surface area contributed by atoms with Crippen LogP contribution < -0.4 is 0 Å². The Bertz CT molecular complexity index is 654. The lowest BCUT2D eigenvalue weighted by molar-refractivity contribution is 0.848. The van der Waals surface area contributed by atoms with Crippen LogP contribution in [0.15, 0.2) is 66.9 Å². The quantitative estimate of drug-likeness (QED) is 0.690. The van der Waals surface area contributed by atoms with Crippen LogP contribution in [0.2, 0.25) is 0 Å². The van der Waals surface area contributed by atoms with Crippen molar-refractivity contribution < 1.29 is 0 Å². The molecule has 0 aliphatic carbocycles. The van der Waals surface area contributed by atoms with Crippen LogP contribution in [0.5, 0.6) is 0 Å². The fourth-order valence-corrected chi connectivity index (χ4v) is 2.17. The second-order valence-corrected chi connectivity index (χ2v) is 4.70. The van der Waals surface area contributed by atoms with E-state index in [9.17, 15) is 0 Å². The molecule has 0 N–H and O–H groups in total. The molecule has 0 saturated heterocycles. The second-order valence-electron chi connectivity index (χ2n) is 4.70. The molecule has 1 heterocycles. The van der Waals surface area contributed by atoms with E-state index in [0.717, 1.165) is 17.8 Å². The number of hydrogen-bond acceptors (Lipinski definition) is 1. The average Bonchev–Trinajstić information content (AvgIpc) is 2.82. The average molecular weight is 248 g/mol. The maximum absolute atomic E-state index is 4.69. The van der Waals surface area contributed by atoms with Gasteiger partial charge in [-0.2, -0.15) is 5.10 Å². The van der Waals surface area contributed by atoms with Crippen LogP contribution in [0.25, 0.3) is 5.69 Å². The van der Waals surface area contributed by atoms with Crippen LogP contribution in [-0.2, 0) is 6.42 Å². The minimum absolute atomic E-state index is 0.881. The van der Waals surface area contributed by atoms with Crippen molar-refractivity contribution in [2.45, 2.75) is 13.3 Å². The molecule has 0 fully saturated rings. The van der Waals surface area contributed by atoms with Crippen molar-refractivity contribution in [1.29, 1.82) is 0 Å². The molecule has 1 aromatic heterocycles. The molecule has 0 radical (unpaired) electrons. The molecule has 0 amide bonds. The molecular weight excluding hydrogens is 232 g/mol. The third kappa shape index (κ3) is 2.58. The lowest BCUT2D eigenvalue weighted by Gasteiger charge is -2.00. The van der Waals surface area contributed by atoms with Gasteiger partial charge in [0.25, 0.3) is 0 Å². The summed E-state index contributed by atoms with van der Waals surface area (Å²) in [5, 5.41) is 4.69. The number of para-hydroxylation sites is 1. The molecule has 94 valence electrons. The summed E-state index contributed by atoms with van der Waals surface area (Å²) < 4.78 is 1.95. The Balaban J connectivity index is 1.90. The molecule has 0 unspecified atom stereocenters. The monoisotopic (exact) mass is 248 g/mol. The van der Waals surface area contributed by atoms with E-state index in [0.29, 0.717) is 0 Å². The van der Waals surface area contributed by atoms with Gasteiger partial charge in [-0.05, 0) is 30.2 Å². The Morgan fingerprint density at radius 2 is 1.53 bits per heavy atom. The van der Waals surface area contributed by atoms with Crippen molar-refractivity contribution in [3.63, 3.8) is 0 Å². The SMILES string of the molecule is Cc1cn(-c2ccccc2)nc1Cc1ccccc1. The Morgan fingerprint density at radius 1 is 0.895 bits per heavy atom.